The predicted molar refractivity (Wildman–Crippen MR) is 99.1 cm³/mol. The quantitative estimate of drug-likeness (QED) is 0.895. The number of fused-ring (bicyclic) bond motifs is 1. The maximum atomic E-state index is 14.4. The lowest BCUT2D eigenvalue weighted by molar-refractivity contribution is -0.119. The van der Waals surface area contributed by atoms with Crippen LogP contribution in [0, 0.1) is 5.82 Å². The number of nitrogens with zero attached hydrogens (tertiary/aromatic N) is 2. The van der Waals surface area contributed by atoms with Crippen molar-refractivity contribution in [3.05, 3.63) is 65.5 Å². The standard InChI is InChI=1S/C20H20FN3O3/c21-15-7-3-1-5-13(15)18-14-6-2-4-8-16(14)24(20(25)19(22)23-18)10-9-17-26-11-12-27-17/h1-8,17,19H,9-12,22H2. The van der Waals surface area contributed by atoms with Crippen molar-refractivity contribution in [3.8, 4) is 0 Å². The molecule has 1 saturated heterocycles. The summed E-state index contributed by atoms with van der Waals surface area (Å²) in [5.74, 6) is -0.751. The summed E-state index contributed by atoms with van der Waals surface area (Å²) in [7, 11) is 0. The SMILES string of the molecule is NC1N=C(c2ccccc2F)c2ccccc2N(CCC2OCCO2)C1=O. The highest BCUT2D eigenvalue weighted by molar-refractivity contribution is 6.20. The van der Waals surface area contributed by atoms with E-state index in [2.05, 4.69) is 4.99 Å². The molecule has 1 atom stereocenters. The average molecular weight is 369 g/mol. The van der Waals surface area contributed by atoms with Gasteiger partial charge in [-0.3, -0.25) is 9.79 Å². The van der Waals surface area contributed by atoms with Crippen LogP contribution >= 0.6 is 0 Å². The Morgan fingerprint density at radius 2 is 1.74 bits per heavy atom. The number of amides is 1. The van der Waals surface area contributed by atoms with E-state index in [-0.39, 0.29) is 12.2 Å². The first kappa shape index (κ1) is 17.8. The molecular weight excluding hydrogens is 349 g/mol. The Morgan fingerprint density at radius 1 is 1.07 bits per heavy atom. The van der Waals surface area contributed by atoms with Gasteiger partial charge in [0.15, 0.2) is 12.5 Å². The number of hydrogen-bond donors (Lipinski definition) is 1. The van der Waals surface area contributed by atoms with E-state index in [0.717, 1.165) is 0 Å². The molecule has 1 unspecified atom stereocenters. The van der Waals surface area contributed by atoms with Crippen molar-refractivity contribution in [2.45, 2.75) is 18.9 Å². The summed E-state index contributed by atoms with van der Waals surface area (Å²) in [6.07, 6.45) is -0.934. The fourth-order valence-corrected chi connectivity index (χ4v) is 3.36. The zero-order chi connectivity index (χ0) is 18.8. The number of anilines is 1. The fraction of sp³-hybridized carbons (Fsp3) is 0.300. The monoisotopic (exact) mass is 369 g/mol. The molecule has 1 fully saturated rings. The van der Waals surface area contributed by atoms with Gasteiger partial charge in [-0.1, -0.05) is 30.3 Å². The minimum absolute atomic E-state index is 0.317. The molecule has 0 aromatic heterocycles. The largest absolute Gasteiger partial charge is 0.350 e. The molecule has 2 aliphatic heterocycles. The molecule has 4 rings (SSSR count). The Hall–Kier alpha value is -2.61. The molecule has 140 valence electrons. The fourth-order valence-electron chi connectivity index (χ4n) is 3.36. The molecule has 6 nitrogen and oxygen atoms in total. The maximum Gasteiger partial charge on any atom is 0.266 e. The van der Waals surface area contributed by atoms with E-state index in [1.54, 1.807) is 23.1 Å². The van der Waals surface area contributed by atoms with E-state index >= 15 is 0 Å². The number of aliphatic imine (C=N–C) groups is 1. The van der Waals surface area contributed by atoms with Gasteiger partial charge < -0.3 is 20.1 Å². The van der Waals surface area contributed by atoms with Gasteiger partial charge in [0.05, 0.1) is 24.6 Å². The lowest BCUT2D eigenvalue weighted by atomic mass is 9.99. The van der Waals surface area contributed by atoms with Crippen molar-refractivity contribution < 1.29 is 18.7 Å². The third kappa shape index (κ3) is 3.49. The first-order valence-electron chi connectivity index (χ1n) is 8.87. The van der Waals surface area contributed by atoms with Crippen LogP contribution in [0.4, 0.5) is 10.1 Å². The molecule has 2 N–H and O–H groups in total. The summed E-state index contributed by atoms with van der Waals surface area (Å²) >= 11 is 0. The number of benzene rings is 2. The van der Waals surface area contributed by atoms with Crippen molar-refractivity contribution in [2.75, 3.05) is 24.7 Å². The lowest BCUT2D eigenvalue weighted by Crippen LogP contribution is -2.43. The second-order valence-electron chi connectivity index (χ2n) is 6.37. The normalized spacial score (nSPS) is 20.4. The Bertz CT molecular complexity index is 880. The highest BCUT2D eigenvalue weighted by Gasteiger charge is 2.31. The second kappa shape index (κ2) is 7.56. The minimum Gasteiger partial charge on any atom is -0.350 e. The van der Waals surface area contributed by atoms with Crippen LogP contribution in [0.5, 0.6) is 0 Å². The van der Waals surface area contributed by atoms with Gasteiger partial charge in [0, 0.05) is 24.1 Å². The van der Waals surface area contributed by atoms with Gasteiger partial charge in [-0.15, -0.1) is 0 Å². The molecule has 0 bridgehead atoms. The average Bonchev–Trinajstić information content (AvgIpc) is 3.17. The third-order valence-corrected chi connectivity index (χ3v) is 4.65. The predicted octanol–water partition coefficient (Wildman–Crippen LogP) is 2.06. The van der Waals surface area contributed by atoms with E-state index < -0.39 is 12.0 Å². The van der Waals surface area contributed by atoms with Crippen LogP contribution in [0.1, 0.15) is 17.5 Å². The van der Waals surface area contributed by atoms with E-state index in [1.807, 2.05) is 24.3 Å². The number of para-hydroxylation sites is 1. The second-order valence-corrected chi connectivity index (χ2v) is 6.37. The summed E-state index contributed by atoms with van der Waals surface area (Å²) in [5.41, 5.74) is 8.05. The first-order valence-corrected chi connectivity index (χ1v) is 8.87. The van der Waals surface area contributed by atoms with Crippen molar-refractivity contribution in [2.24, 2.45) is 10.7 Å². The number of ether oxygens (including phenoxy) is 2. The van der Waals surface area contributed by atoms with Crippen molar-refractivity contribution in [1.82, 2.24) is 0 Å². The van der Waals surface area contributed by atoms with E-state index in [4.69, 9.17) is 15.2 Å². The molecule has 0 radical (unpaired) electrons. The number of carbonyl (C=O) groups is 1. The molecule has 1 amide bonds. The molecule has 7 heteroatoms. The minimum atomic E-state index is -1.11. The molecular formula is C20H20FN3O3. The van der Waals surface area contributed by atoms with Crippen LogP contribution in [0.25, 0.3) is 0 Å². The maximum absolute atomic E-state index is 14.4. The molecule has 0 saturated carbocycles. The van der Waals surface area contributed by atoms with Gasteiger partial charge >= 0.3 is 0 Å². The number of halogens is 1. The highest BCUT2D eigenvalue weighted by atomic mass is 19.1. The van der Waals surface area contributed by atoms with Gasteiger partial charge in [0.1, 0.15) is 5.82 Å². The van der Waals surface area contributed by atoms with Gasteiger partial charge in [-0.2, -0.15) is 0 Å². The van der Waals surface area contributed by atoms with E-state index in [1.165, 1.54) is 6.07 Å². The Morgan fingerprint density at radius 3 is 2.48 bits per heavy atom. The van der Waals surface area contributed by atoms with Crippen molar-refractivity contribution in [1.29, 1.82) is 0 Å². The van der Waals surface area contributed by atoms with Gasteiger partial charge in [0.25, 0.3) is 5.91 Å². The summed E-state index contributed by atoms with van der Waals surface area (Å²) in [4.78, 5) is 18.8. The smallest absolute Gasteiger partial charge is 0.266 e. The van der Waals surface area contributed by atoms with Crippen LogP contribution < -0.4 is 10.6 Å². The molecule has 27 heavy (non-hydrogen) atoms. The summed E-state index contributed by atoms with van der Waals surface area (Å²) in [6.45, 7) is 1.47. The van der Waals surface area contributed by atoms with Crippen LogP contribution in [0.2, 0.25) is 0 Å². The molecule has 0 spiro atoms. The number of rotatable bonds is 4. The third-order valence-electron chi connectivity index (χ3n) is 4.65. The molecule has 2 heterocycles. The molecule has 2 aromatic carbocycles. The van der Waals surface area contributed by atoms with E-state index in [0.29, 0.717) is 48.7 Å². The van der Waals surface area contributed by atoms with Gasteiger partial charge in [0.2, 0.25) is 0 Å². The highest BCUT2D eigenvalue weighted by Crippen LogP contribution is 2.29. The van der Waals surface area contributed by atoms with Crippen LogP contribution in [-0.2, 0) is 14.3 Å². The topological polar surface area (TPSA) is 77.2 Å². The summed E-state index contributed by atoms with van der Waals surface area (Å²) in [6, 6.07) is 13.6. The van der Waals surface area contributed by atoms with Crippen LogP contribution in [0.15, 0.2) is 53.5 Å². The molecule has 2 aromatic rings. The van der Waals surface area contributed by atoms with E-state index in [9.17, 15) is 9.18 Å². The zero-order valence-corrected chi connectivity index (χ0v) is 14.7. The van der Waals surface area contributed by atoms with Crippen molar-refractivity contribution >= 4 is 17.3 Å². The Labute approximate surface area is 156 Å². The van der Waals surface area contributed by atoms with Crippen LogP contribution in [0.3, 0.4) is 0 Å². The van der Waals surface area contributed by atoms with Gasteiger partial charge in [-0.25, -0.2) is 4.39 Å². The number of hydrogen-bond acceptors (Lipinski definition) is 5. The van der Waals surface area contributed by atoms with Crippen molar-refractivity contribution in [3.63, 3.8) is 0 Å². The number of nitrogens with two attached hydrogens (primary N) is 1. The molecule has 0 aliphatic carbocycles. The lowest BCUT2D eigenvalue weighted by Gasteiger charge is -2.25. The molecule has 2 aliphatic rings. The first-order chi connectivity index (χ1) is 13.1. The Balaban J connectivity index is 1.74. The zero-order valence-electron chi connectivity index (χ0n) is 14.7. The summed E-state index contributed by atoms with van der Waals surface area (Å²) in [5, 5.41) is 0. The Kier molecular flexibility index (Phi) is 4.98. The summed E-state index contributed by atoms with van der Waals surface area (Å²) < 4.78 is 25.3. The number of carbonyl (C=O) groups excluding carboxylic acids is 1. The van der Waals surface area contributed by atoms with Gasteiger partial charge in [-0.05, 0) is 18.2 Å². The number of benzodiazepines with no additional fused rings is 1. The van der Waals surface area contributed by atoms with Crippen LogP contribution in [-0.4, -0.2) is 43.8 Å².